The molecule has 0 saturated carbocycles. The van der Waals surface area contributed by atoms with E-state index in [1.54, 1.807) is 18.2 Å². The van der Waals surface area contributed by atoms with Gasteiger partial charge in [0, 0.05) is 10.9 Å². The molecule has 1 aromatic carbocycles. The number of aromatic amines is 2. The summed E-state index contributed by atoms with van der Waals surface area (Å²) in [6.45, 7) is 0. The van der Waals surface area contributed by atoms with Crippen molar-refractivity contribution in [1.29, 1.82) is 0 Å². The van der Waals surface area contributed by atoms with E-state index in [1.807, 2.05) is 0 Å². The maximum Gasteiger partial charge on any atom is 0.215 e. The maximum atomic E-state index is 9.37. The van der Waals surface area contributed by atoms with Crippen LogP contribution in [0.1, 0.15) is 0 Å². The molecule has 2 heterocycles. The van der Waals surface area contributed by atoms with Gasteiger partial charge in [0.05, 0.1) is 0 Å². The molecule has 6 heteroatoms. The van der Waals surface area contributed by atoms with Crippen molar-refractivity contribution < 1.29 is 5.11 Å². The lowest BCUT2D eigenvalue weighted by molar-refractivity contribution is 0.476. The Morgan fingerprint density at radius 3 is 3.07 bits per heavy atom. The molecular formula is C9H6N4OS. The van der Waals surface area contributed by atoms with Gasteiger partial charge in [0.1, 0.15) is 11.3 Å². The first-order valence-corrected chi connectivity index (χ1v) is 4.72. The molecule has 3 N–H and O–H groups in total. The van der Waals surface area contributed by atoms with Crippen LogP contribution in [-0.2, 0) is 0 Å². The third kappa shape index (κ3) is 1.18. The molecule has 0 unspecified atom stereocenters. The van der Waals surface area contributed by atoms with E-state index in [4.69, 9.17) is 12.2 Å². The first-order valence-electron chi connectivity index (χ1n) is 4.31. The van der Waals surface area contributed by atoms with Crippen molar-refractivity contribution in [2.75, 3.05) is 0 Å². The number of nitrogens with one attached hydrogen (secondary N) is 2. The summed E-state index contributed by atoms with van der Waals surface area (Å²) in [5, 5.41) is 16.9. The number of nitrogens with zero attached hydrogens (tertiary/aromatic N) is 2. The summed E-state index contributed by atoms with van der Waals surface area (Å²) in [6, 6.07) is 5.02. The Labute approximate surface area is 88.8 Å². The van der Waals surface area contributed by atoms with Gasteiger partial charge in [0.2, 0.25) is 4.77 Å². The number of rotatable bonds is 0. The van der Waals surface area contributed by atoms with E-state index in [1.165, 1.54) is 0 Å². The van der Waals surface area contributed by atoms with Crippen molar-refractivity contribution in [2.24, 2.45) is 0 Å². The minimum absolute atomic E-state index is 0.202. The van der Waals surface area contributed by atoms with Crippen LogP contribution in [0.5, 0.6) is 5.75 Å². The second-order valence-electron chi connectivity index (χ2n) is 3.19. The van der Waals surface area contributed by atoms with E-state index in [2.05, 4.69) is 20.2 Å². The molecule has 3 rings (SSSR count). The molecule has 0 atom stereocenters. The lowest BCUT2D eigenvalue weighted by Gasteiger charge is -1.91. The summed E-state index contributed by atoms with van der Waals surface area (Å²) in [5.74, 6) is 0.202. The molecule has 5 nitrogen and oxygen atoms in total. The zero-order chi connectivity index (χ0) is 10.4. The summed E-state index contributed by atoms with van der Waals surface area (Å²) in [5.41, 5.74) is 2.17. The Balaban J connectivity index is 2.58. The standard InChI is InChI=1S/C9H6N4OS/c14-4-1-2-6-5(3-4)7-8(10-6)11-9(15)13-12-7/h1-3,14H,(H2,10,11,13,15). The Morgan fingerprint density at radius 1 is 1.33 bits per heavy atom. The maximum absolute atomic E-state index is 9.37. The SMILES string of the molecule is Oc1ccc2[nH]c3nc(=S)[nH]nc3c2c1. The third-order valence-electron chi connectivity index (χ3n) is 2.21. The molecule has 0 amide bonds. The number of hydrogen-bond donors (Lipinski definition) is 3. The third-order valence-corrected chi connectivity index (χ3v) is 2.39. The minimum atomic E-state index is 0.202. The van der Waals surface area contributed by atoms with Gasteiger partial charge in [-0.05, 0) is 30.4 Å². The predicted molar refractivity (Wildman–Crippen MR) is 58.2 cm³/mol. The molecule has 0 radical (unpaired) electrons. The largest absolute Gasteiger partial charge is 0.508 e. The second-order valence-corrected chi connectivity index (χ2v) is 3.58. The molecule has 0 aliphatic carbocycles. The molecule has 0 bridgehead atoms. The van der Waals surface area contributed by atoms with Crippen LogP contribution in [0, 0.1) is 4.77 Å². The number of hydrogen-bond acceptors (Lipinski definition) is 4. The number of phenolic OH excluding ortho intramolecular Hbond substituents is 1. The zero-order valence-corrected chi connectivity index (χ0v) is 8.30. The van der Waals surface area contributed by atoms with Crippen LogP contribution in [0.2, 0.25) is 0 Å². The van der Waals surface area contributed by atoms with Crippen molar-refractivity contribution in [3.8, 4) is 5.75 Å². The Bertz CT molecular complexity index is 715. The molecule has 0 aliphatic heterocycles. The number of aromatic hydroxyl groups is 1. The second kappa shape index (κ2) is 2.77. The first kappa shape index (κ1) is 8.37. The fourth-order valence-corrected chi connectivity index (χ4v) is 1.71. The highest BCUT2D eigenvalue weighted by atomic mass is 32.1. The lowest BCUT2D eigenvalue weighted by Crippen LogP contribution is -1.86. The number of benzene rings is 1. The number of fused-ring (bicyclic) bond motifs is 3. The van der Waals surface area contributed by atoms with Gasteiger partial charge in [0.25, 0.3) is 0 Å². The average Bonchev–Trinajstić information content (AvgIpc) is 2.54. The van der Waals surface area contributed by atoms with Crippen LogP contribution >= 0.6 is 12.2 Å². The highest BCUT2D eigenvalue weighted by Gasteiger charge is 2.06. The van der Waals surface area contributed by atoms with Gasteiger partial charge in [-0.2, -0.15) is 10.1 Å². The number of H-pyrrole nitrogens is 2. The van der Waals surface area contributed by atoms with E-state index in [0.717, 1.165) is 10.9 Å². The van der Waals surface area contributed by atoms with Crippen LogP contribution in [0.3, 0.4) is 0 Å². The van der Waals surface area contributed by atoms with E-state index in [-0.39, 0.29) is 5.75 Å². The number of aromatic nitrogens is 4. The van der Waals surface area contributed by atoms with Gasteiger partial charge < -0.3 is 10.1 Å². The molecule has 0 saturated heterocycles. The van der Waals surface area contributed by atoms with Gasteiger partial charge in [-0.25, -0.2) is 0 Å². The van der Waals surface area contributed by atoms with Crippen molar-refractivity contribution in [3.63, 3.8) is 0 Å². The van der Waals surface area contributed by atoms with Gasteiger partial charge in [-0.15, -0.1) is 0 Å². The quantitative estimate of drug-likeness (QED) is 0.503. The molecule has 0 spiro atoms. The van der Waals surface area contributed by atoms with Crippen molar-refractivity contribution in [2.45, 2.75) is 0 Å². The minimum Gasteiger partial charge on any atom is -0.508 e. The summed E-state index contributed by atoms with van der Waals surface area (Å²) >= 11 is 4.87. The van der Waals surface area contributed by atoms with E-state index in [0.29, 0.717) is 15.9 Å². The van der Waals surface area contributed by atoms with Crippen LogP contribution < -0.4 is 0 Å². The Morgan fingerprint density at radius 2 is 2.20 bits per heavy atom. The summed E-state index contributed by atoms with van der Waals surface area (Å²) in [4.78, 5) is 7.18. The van der Waals surface area contributed by atoms with E-state index < -0.39 is 0 Å². The normalized spacial score (nSPS) is 11.2. The van der Waals surface area contributed by atoms with Gasteiger partial charge >= 0.3 is 0 Å². The molecule has 74 valence electrons. The fourth-order valence-electron chi connectivity index (χ4n) is 1.58. The average molecular weight is 218 g/mol. The lowest BCUT2D eigenvalue weighted by atomic mass is 10.2. The van der Waals surface area contributed by atoms with Crippen LogP contribution in [0.4, 0.5) is 0 Å². The van der Waals surface area contributed by atoms with Crippen molar-refractivity contribution in [1.82, 2.24) is 20.2 Å². The molecule has 0 aliphatic rings. The zero-order valence-electron chi connectivity index (χ0n) is 7.48. The van der Waals surface area contributed by atoms with Gasteiger partial charge in [-0.3, -0.25) is 5.10 Å². The Kier molecular flexibility index (Phi) is 1.54. The molecule has 0 fully saturated rings. The molecule has 2 aromatic heterocycles. The van der Waals surface area contributed by atoms with E-state index in [9.17, 15) is 5.11 Å². The molecular weight excluding hydrogens is 212 g/mol. The predicted octanol–water partition coefficient (Wildman–Crippen LogP) is 1.87. The van der Waals surface area contributed by atoms with Gasteiger partial charge in [-0.1, -0.05) is 0 Å². The highest BCUT2D eigenvalue weighted by molar-refractivity contribution is 7.71. The van der Waals surface area contributed by atoms with E-state index >= 15 is 0 Å². The highest BCUT2D eigenvalue weighted by Crippen LogP contribution is 2.24. The van der Waals surface area contributed by atoms with Crippen LogP contribution in [-0.4, -0.2) is 25.3 Å². The van der Waals surface area contributed by atoms with Crippen molar-refractivity contribution in [3.05, 3.63) is 23.0 Å². The Hall–Kier alpha value is -1.95. The topological polar surface area (TPSA) is 77.6 Å². The molecule has 3 aromatic rings. The molecule has 15 heavy (non-hydrogen) atoms. The van der Waals surface area contributed by atoms with Crippen LogP contribution in [0.15, 0.2) is 18.2 Å². The summed E-state index contributed by atoms with van der Waals surface area (Å²) < 4.78 is 0.332. The van der Waals surface area contributed by atoms with Crippen LogP contribution in [0.25, 0.3) is 22.1 Å². The first-order chi connectivity index (χ1) is 7.24. The summed E-state index contributed by atoms with van der Waals surface area (Å²) in [7, 11) is 0. The van der Waals surface area contributed by atoms with Gasteiger partial charge in [0.15, 0.2) is 5.65 Å². The number of phenols is 1. The van der Waals surface area contributed by atoms with Crippen molar-refractivity contribution >= 4 is 34.3 Å². The summed E-state index contributed by atoms with van der Waals surface area (Å²) in [6.07, 6.45) is 0. The smallest absolute Gasteiger partial charge is 0.215 e. The fraction of sp³-hybridized carbons (Fsp3) is 0. The monoisotopic (exact) mass is 218 g/mol.